The van der Waals surface area contributed by atoms with Gasteiger partial charge in [-0.3, -0.25) is 0 Å². The summed E-state index contributed by atoms with van der Waals surface area (Å²) in [5, 5.41) is 5.43. The molecule has 0 bridgehead atoms. The molecule has 0 spiro atoms. The van der Waals surface area contributed by atoms with Crippen LogP contribution in [0.3, 0.4) is 0 Å². The highest BCUT2D eigenvalue weighted by Crippen LogP contribution is 2.44. The van der Waals surface area contributed by atoms with Crippen molar-refractivity contribution in [2.75, 3.05) is 0 Å². The molecule has 26 heavy (non-hydrogen) atoms. The Balaban J connectivity index is 1.74. The molecule has 120 valence electrons. The number of aromatic nitrogens is 1. The number of nitrogens with zero attached hydrogens (tertiary/aromatic N) is 1. The average molecular weight is 329 g/mol. The normalized spacial score (nSPS) is 13.2. The highest BCUT2D eigenvalue weighted by Gasteiger charge is 2.22. The van der Waals surface area contributed by atoms with Crippen LogP contribution in [0, 0.1) is 0 Å². The number of fused-ring (bicyclic) bond motifs is 9. The van der Waals surface area contributed by atoms with Crippen LogP contribution >= 0.6 is 0 Å². The number of para-hydroxylation sites is 2. The maximum absolute atomic E-state index is 2.47. The summed E-state index contributed by atoms with van der Waals surface area (Å²) in [6.45, 7) is 0. The zero-order valence-corrected chi connectivity index (χ0v) is 14.2. The lowest BCUT2D eigenvalue weighted by molar-refractivity contribution is 1.26. The van der Waals surface area contributed by atoms with Crippen LogP contribution < -0.4 is 0 Å². The molecular formula is C25H15N. The SMILES string of the molecule is c1ccc2c(c1)Cc1cc3c(cc1-2)c1cccc2c4ccccc4n3c21. The molecule has 0 amide bonds. The second-order valence-corrected chi connectivity index (χ2v) is 7.41. The van der Waals surface area contributed by atoms with E-state index in [-0.39, 0.29) is 0 Å². The molecule has 0 N–H and O–H groups in total. The van der Waals surface area contributed by atoms with E-state index in [1.165, 1.54) is 60.3 Å². The Bertz CT molecular complexity index is 1500. The first-order chi connectivity index (χ1) is 12.9. The highest BCUT2D eigenvalue weighted by molar-refractivity contribution is 6.23. The van der Waals surface area contributed by atoms with E-state index in [0.717, 1.165) is 6.42 Å². The van der Waals surface area contributed by atoms with Crippen LogP contribution in [0.2, 0.25) is 0 Å². The standard InChI is InChI=1S/C25H15N/c1-2-7-17-15(6-1)12-16-13-24-22(14-21(16)17)20-10-5-9-19-18-8-3-4-11-23(18)26(24)25(19)20/h1-11,13-14H,12H2. The maximum atomic E-state index is 2.47. The van der Waals surface area contributed by atoms with Gasteiger partial charge in [0, 0.05) is 21.5 Å². The van der Waals surface area contributed by atoms with Crippen molar-refractivity contribution in [3.63, 3.8) is 0 Å². The van der Waals surface area contributed by atoms with Crippen LogP contribution in [0.4, 0.5) is 0 Å². The first kappa shape index (κ1) is 13.0. The van der Waals surface area contributed by atoms with E-state index in [9.17, 15) is 0 Å². The number of rotatable bonds is 0. The van der Waals surface area contributed by atoms with Gasteiger partial charge in [-0.2, -0.15) is 0 Å². The minimum atomic E-state index is 1.04. The van der Waals surface area contributed by atoms with Crippen molar-refractivity contribution in [1.29, 1.82) is 0 Å². The topological polar surface area (TPSA) is 4.41 Å². The van der Waals surface area contributed by atoms with E-state index in [2.05, 4.69) is 83.3 Å². The Morgan fingerprint density at radius 3 is 2.27 bits per heavy atom. The Labute approximate surface area is 150 Å². The Morgan fingerprint density at radius 1 is 0.538 bits per heavy atom. The van der Waals surface area contributed by atoms with Crippen molar-refractivity contribution in [3.05, 3.63) is 90.0 Å². The summed E-state index contributed by atoms with van der Waals surface area (Å²) < 4.78 is 2.47. The van der Waals surface area contributed by atoms with Crippen molar-refractivity contribution >= 4 is 38.1 Å². The van der Waals surface area contributed by atoms with Gasteiger partial charge >= 0.3 is 0 Å². The molecule has 2 heterocycles. The molecule has 1 heteroatoms. The van der Waals surface area contributed by atoms with Gasteiger partial charge in [-0.15, -0.1) is 0 Å². The van der Waals surface area contributed by atoms with E-state index in [4.69, 9.17) is 0 Å². The van der Waals surface area contributed by atoms with Crippen LogP contribution in [0.15, 0.2) is 78.9 Å². The van der Waals surface area contributed by atoms with Gasteiger partial charge < -0.3 is 4.40 Å². The van der Waals surface area contributed by atoms with Crippen molar-refractivity contribution in [3.8, 4) is 11.1 Å². The van der Waals surface area contributed by atoms with E-state index in [0.29, 0.717) is 0 Å². The fraction of sp³-hybridized carbons (Fsp3) is 0.0400. The predicted molar refractivity (Wildman–Crippen MR) is 109 cm³/mol. The summed E-state index contributed by atoms with van der Waals surface area (Å²) in [6, 6.07) is 29.2. The minimum Gasteiger partial charge on any atom is -0.308 e. The third kappa shape index (κ3) is 1.36. The molecule has 0 saturated heterocycles. The molecule has 2 aromatic heterocycles. The molecule has 0 radical (unpaired) electrons. The van der Waals surface area contributed by atoms with Gasteiger partial charge in [-0.1, -0.05) is 60.7 Å². The van der Waals surface area contributed by atoms with Crippen molar-refractivity contribution < 1.29 is 0 Å². The van der Waals surface area contributed by atoms with E-state index in [1.807, 2.05) is 0 Å². The third-order valence-electron chi connectivity index (χ3n) is 6.14. The van der Waals surface area contributed by atoms with Gasteiger partial charge in [0.2, 0.25) is 0 Å². The van der Waals surface area contributed by atoms with Gasteiger partial charge in [0.1, 0.15) is 0 Å². The second kappa shape index (κ2) is 4.25. The molecule has 4 aromatic carbocycles. The molecule has 7 rings (SSSR count). The zero-order chi connectivity index (χ0) is 16.8. The Kier molecular flexibility index (Phi) is 2.12. The van der Waals surface area contributed by atoms with Gasteiger partial charge in [0.25, 0.3) is 0 Å². The number of benzene rings is 4. The molecule has 1 aliphatic rings. The van der Waals surface area contributed by atoms with E-state index >= 15 is 0 Å². The first-order valence-corrected chi connectivity index (χ1v) is 9.18. The molecule has 6 aromatic rings. The summed E-state index contributed by atoms with van der Waals surface area (Å²) in [7, 11) is 0. The fourth-order valence-corrected chi connectivity index (χ4v) is 5.06. The van der Waals surface area contributed by atoms with Gasteiger partial charge in [0.15, 0.2) is 0 Å². The van der Waals surface area contributed by atoms with Crippen LogP contribution in [-0.2, 0) is 6.42 Å². The average Bonchev–Trinajstić information content (AvgIpc) is 3.32. The smallest absolute Gasteiger partial charge is 0.0620 e. The Morgan fingerprint density at radius 2 is 1.31 bits per heavy atom. The molecule has 0 unspecified atom stereocenters. The molecule has 0 fully saturated rings. The van der Waals surface area contributed by atoms with Crippen LogP contribution in [-0.4, -0.2) is 4.40 Å². The fourth-order valence-electron chi connectivity index (χ4n) is 5.06. The predicted octanol–water partition coefficient (Wildman–Crippen LogP) is 6.41. The lowest BCUT2D eigenvalue weighted by Gasteiger charge is -2.03. The molecule has 0 aliphatic heterocycles. The minimum absolute atomic E-state index is 1.04. The zero-order valence-electron chi connectivity index (χ0n) is 14.2. The van der Waals surface area contributed by atoms with Gasteiger partial charge in [-0.25, -0.2) is 0 Å². The van der Waals surface area contributed by atoms with E-state index in [1.54, 1.807) is 0 Å². The Hall–Kier alpha value is -3.32. The molecular weight excluding hydrogens is 314 g/mol. The largest absolute Gasteiger partial charge is 0.308 e. The van der Waals surface area contributed by atoms with E-state index < -0.39 is 0 Å². The van der Waals surface area contributed by atoms with Gasteiger partial charge in [-0.05, 0) is 46.9 Å². The summed E-state index contributed by atoms with van der Waals surface area (Å²) >= 11 is 0. The summed E-state index contributed by atoms with van der Waals surface area (Å²) in [6.07, 6.45) is 1.04. The van der Waals surface area contributed by atoms with Crippen molar-refractivity contribution in [2.24, 2.45) is 0 Å². The van der Waals surface area contributed by atoms with Gasteiger partial charge in [0.05, 0.1) is 16.6 Å². The first-order valence-electron chi connectivity index (χ1n) is 9.18. The quantitative estimate of drug-likeness (QED) is 0.303. The summed E-state index contributed by atoms with van der Waals surface area (Å²) in [5.74, 6) is 0. The number of hydrogen-bond donors (Lipinski definition) is 0. The number of hydrogen-bond acceptors (Lipinski definition) is 0. The molecule has 1 nitrogen and oxygen atoms in total. The van der Waals surface area contributed by atoms with Crippen LogP contribution in [0.1, 0.15) is 11.1 Å². The third-order valence-corrected chi connectivity index (χ3v) is 6.14. The lowest BCUT2D eigenvalue weighted by Crippen LogP contribution is -1.84. The monoisotopic (exact) mass is 329 g/mol. The summed E-state index contributed by atoms with van der Waals surface area (Å²) in [4.78, 5) is 0. The molecule has 0 saturated carbocycles. The molecule has 0 atom stereocenters. The lowest BCUT2D eigenvalue weighted by atomic mass is 10.0. The van der Waals surface area contributed by atoms with Crippen LogP contribution in [0.25, 0.3) is 49.2 Å². The maximum Gasteiger partial charge on any atom is 0.0620 e. The second-order valence-electron chi connectivity index (χ2n) is 7.41. The molecule has 1 aliphatic carbocycles. The van der Waals surface area contributed by atoms with Crippen molar-refractivity contribution in [1.82, 2.24) is 4.40 Å². The van der Waals surface area contributed by atoms with Crippen molar-refractivity contribution in [2.45, 2.75) is 6.42 Å². The van der Waals surface area contributed by atoms with Crippen LogP contribution in [0.5, 0.6) is 0 Å². The summed E-state index contributed by atoms with van der Waals surface area (Å²) in [5.41, 5.74) is 9.71. The highest BCUT2D eigenvalue weighted by atomic mass is 14.9.